The Morgan fingerprint density at radius 2 is 0.983 bits per heavy atom. The van der Waals surface area contributed by atoms with Crippen molar-refractivity contribution in [3.63, 3.8) is 0 Å². The number of fused-ring (bicyclic) bond motifs is 11. The van der Waals surface area contributed by atoms with Crippen LogP contribution in [0.2, 0.25) is 0 Å². The lowest BCUT2D eigenvalue weighted by Gasteiger charge is -2.34. The predicted molar refractivity (Wildman–Crippen MR) is 248 cm³/mol. The average molecular weight is 759 g/mol. The number of hydrogen-bond donors (Lipinski definition) is 0. The third kappa shape index (κ3) is 4.99. The van der Waals surface area contributed by atoms with E-state index in [0.29, 0.717) is 0 Å². The summed E-state index contributed by atoms with van der Waals surface area (Å²) in [6, 6.07) is 74.5. The van der Waals surface area contributed by atoms with E-state index in [4.69, 9.17) is 4.42 Å². The molecular formula is C54H34N2OS. The lowest BCUT2D eigenvalue weighted by molar-refractivity contribution is 0.672. The van der Waals surface area contributed by atoms with E-state index in [1.165, 1.54) is 41.7 Å². The van der Waals surface area contributed by atoms with Crippen molar-refractivity contribution in [2.24, 2.45) is 0 Å². The van der Waals surface area contributed by atoms with Crippen molar-refractivity contribution in [3.05, 3.63) is 206 Å². The molecule has 58 heavy (non-hydrogen) atoms. The molecule has 0 aliphatic rings. The fraction of sp³-hybridized carbons (Fsp3) is 0. The van der Waals surface area contributed by atoms with Crippen molar-refractivity contribution in [3.8, 4) is 0 Å². The van der Waals surface area contributed by atoms with Crippen LogP contribution in [0.4, 0.5) is 34.1 Å². The van der Waals surface area contributed by atoms with E-state index in [0.717, 1.165) is 66.8 Å². The van der Waals surface area contributed by atoms with Crippen LogP contribution in [0.3, 0.4) is 0 Å². The molecule has 4 heteroatoms. The average Bonchev–Trinajstić information content (AvgIpc) is 3.87. The fourth-order valence-corrected chi connectivity index (χ4v) is 10.3. The van der Waals surface area contributed by atoms with Gasteiger partial charge in [0.1, 0.15) is 11.2 Å². The number of nitrogens with zero attached hydrogens (tertiary/aromatic N) is 2. The molecule has 2 heterocycles. The van der Waals surface area contributed by atoms with Crippen molar-refractivity contribution in [1.29, 1.82) is 0 Å². The molecule has 0 aliphatic carbocycles. The molecule has 0 N–H and O–H groups in total. The van der Waals surface area contributed by atoms with Crippen LogP contribution in [0.1, 0.15) is 0 Å². The van der Waals surface area contributed by atoms with Crippen molar-refractivity contribution >= 4 is 120 Å². The van der Waals surface area contributed by atoms with Crippen LogP contribution in [0.25, 0.3) is 74.4 Å². The van der Waals surface area contributed by atoms with E-state index in [1.54, 1.807) is 0 Å². The number of furan rings is 1. The van der Waals surface area contributed by atoms with Crippen LogP contribution in [0.5, 0.6) is 0 Å². The van der Waals surface area contributed by atoms with E-state index in [2.05, 4.69) is 216 Å². The molecule has 3 nitrogen and oxygen atoms in total. The summed E-state index contributed by atoms with van der Waals surface area (Å²) in [6.07, 6.45) is 0. The lowest BCUT2D eigenvalue weighted by atomic mass is 9.97. The summed E-state index contributed by atoms with van der Waals surface area (Å²) in [5, 5.41) is 11.7. The maximum Gasteiger partial charge on any atom is 0.143 e. The highest BCUT2D eigenvalue weighted by Crippen LogP contribution is 2.54. The van der Waals surface area contributed by atoms with E-state index in [-0.39, 0.29) is 0 Å². The molecule has 0 radical (unpaired) electrons. The number of para-hydroxylation sites is 2. The highest BCUT2D eigenvalue weighted by Gasteiger charge is 2.29. The maximum atomic E-state index is 7.00. The van der Waals surface area contributed by atoms with Gasteiger partial charge in [-0.25, -0.2) is 0 Å². The molecule has 0 bridgehead atoms. The zero-order chi connectivity index (χ0) is 38.2. The van der Waals surface area contributed by atoms with Gasteiger partial charge in [-0.15, -0.1) is 11.3 Å². The minimum atomic E-state index is 0.837. The summed E-state index contributed by atoms with van der Waals surface area (Å²) < 4.78 is 9.51. The highest BCUT2D eigenvalue weighted by atomic mass is 32.1. The van der Waals surface area contributed by atoms with Gasteiger partial charge < -0.3 is 14.2 Å². The highest BCUT2D eigenvalue weighted by molar-refractivity contribution is 7.26. The Labute approximate surface area is 338 Å². The Bertz CT molecular complexity index is 3530. The zero-order valence-electron chi connectivity index (χ0n) is 31.3. The number of thiophene rings is 1. The van der Waals surface area contributed by atoms with Gasteiger partial charge in [-0.1, -0.05) is 146 Å². The van der Waals surface area contributed by atoms with Crippen molar-refractivity contribution in [2.75, 3.05) is 9.80 Å². The Hall–Kier alpha value is -7.40. The quantitative estimate of drug-likeness (QED) is 0.157. The molecule has 0 saturated carbocycles. The van der Waals surface area contributed by atoms with E-state index < -0.39 is 0 Å². The summed E-state index contributed by atoms with van der Waals surface area (Å²) >= 11 is 1.85. The normalized spacial score (nSPS) is 11.8. The van der Waals surface area contributed by atoms with Gasteiger partial charge in [0.2, 0.25) is 0 Å². The minimum absolute atomic E-state index is 0.837. The van der Waals surface area contributed by atoms with Crippen molar-refractivity contribution < 1.29 is 4.42 Å². The van der Waals surface area contributed by atoms with E-state index in [1.807, 2.05) is 11.3 Å². The van der Waals surface area contributed by atoms with Crippen LogP contribution in [0.15, 0.2) is 211 Å². The largest absolute Gasteiger partial charge is 0.455 e. The number of hydrogen-bond acceptors (Lipinski definition) is 4. The molecule has 0 unspecified atom stereocenters. The summed E-state index contributed by atoms with van der Waals surface area (Å²) in [5.74, 6) is 0. The van der Waals surface area contributed by atoms with Gasteiger partial charge in [0.05, 0.1) is 32.8 Å². The van der Waals surface area contributed by atoms with Crippen molar-refractivity contribution in [2.45, 2.75) is 0 Å². The van der Waals surface area contributed by atoms with Gasteiger partial charge in [0, 0.05) is 43.0 Å². The Morgan fingerprint density at radius 1 is 0.362 bits per heavy atom. The molecule has 10 aromatic carbocycles. The van der Waals surface area contributed by atoms with Gasteiger partial charge in [0.25, 0.3) is 0 Å². The topological polar surface area (TPSA) is 19.6 Å². The summed E-state index contributed by atoms with van der Waals surface area (Å²) in [4.78, 5) is 4.95. The summed E-state index contributed by atoms with van der Waals surface area (Å²) in [6.45, 7) is 0. The van der Waals surface area contributed by atoms with Gasteiger partial charge in [-0.05, 0) is 82.2 Å². The SMILES string of the molecule is c1ccc(N(c2ccc3oc4c5ccccc5ccc4c3c2N(c2ccccc2)c2cc3ccccc3c3ccccc23)c2cccc3c2sc2ccccc23)cc1. The molecule has 0 fully saturated rings. The van der Waals surface area contributed by atoms with Gasteiger partial charge in [-0.2, -0.15) is 0 Å². The lowest BCUT2D eigenvalue weighted by Crippen LogP contribution is -2.17. The number of rotatable bonds is 6. The minimum Gasteiger partial charge on any atom is -0.455 e. The molecule has 2 aromatic heterocycles. The molecule has 0 spiro atoms. The smallest absolute Gasteiger partial charge is 0.143 e. The van der Waals surface area contributed by atoms with Crippen molar-refractivity contribution in [1.82, 2.24) is 0 Å². The molecule has 0 amide bonds. The molecule has 0 atom stereocenters. The van der Waals surface area contributed by atoms with Crippen LogP contribution < -0.4 is 9.80 Å². The van der Waals surface area contributed by atoms with Crippen LogP contribution in [-0.2, 0) is 0 Å². The Morgan fingerprint density at radius 3 is 1.78 bits per heavy atom. The second kappa shape index (κ2) is 13.1. The molecular weight excluding hydrogens is 725 g/mol. The fourth-order valence-electron chi connectivity index (χ4n) is 9.05. The van der Waals surface area contributed by atoms with E-state index >= 15 is 0 Å². The molecule has 0 aliphatic heterocycles. The first-order valence-corrected chi connectivity index (χ1v) is 20.5. The Kier molecular flexibility index (Phi) is 7.40. The summed E-state index contributed by atoms with van der Waals surface area (Å²) in [5.41, 5.74) is 8.16. The second-order valence-electron chi connectivity index (χ2n) is 14.8. The molecule has 0 saturated heterocycles. The van der Waals surface area contributed by atoms with Crippen LogP contribution in [0, 0.1) is 0 Å². The zero-order valence-corrected chi connectivity index (χ0v) is 32.2. The van der Waals surface area contributed by atoms with Gasteiger partial charge >= 0.3 is 0 Å². The standard InChI is InChI=1S/C54H34N2OS/c1-3-18-37(19-4-1)55(47-28-15-27-44-43-26-13-14-29-50(43)58-54(44)47)46-32-33-49-51(45-31-30-35-16-7-10-23-40(35)53(45)57-49)52(46)56(38-20-5-2-6-21-38)48-34-36-17-8-9-22-39(36)41-24-11-12-25-42(41)48/h1-34H. The molecule has 12 aromatic rings. The number of anilines is 6. The second-order valence-corrected chi connectivity index (χ2v) is 15.9. The first-order valence-electron chi connectivity index (χ1n) is 19.7. The molecule has 12 rings (SSSR count). The third-order valence-electron chi connectivity index (χ3n) is 11.6. The van der Waals surface area contributed by atoms with Gasteiger partial charge in [0.15, 0.2) is 0 Å². The van der Waals surface area contributed by atoms with Crippen LogP contribution in [-0.4, -0.2) is 0 Å². The first kappa shape index (κ1) is 32.8. The monoisotopic (exact) mass is 758 g/mol. The molecule has 272 valence electrons. The summed E-state index contributed by atoms with van der Waals surface area (Å²) in [7, 11) is 0. The Balaban J connectivity index is 1.28. The van der Waals surface area contributed by atoms with Gasteiger partial charge in [-0.3, -0.25) is 0 Å². The van der Waals surface area contributed by atoms with E-state index in [9.17, 15) is 0 Å². The third-order valence-corrected chi connectivity index (χ3v) is 12.8. The van der Waals surface area contributed by atoms with Crippen LogP contribution >= 0.6 is 11.3 Å². The maximum absolute atomic E-state index is 7.00. The predicted octanol–water partition coefficient (Wildman–Crippen LogP) is 16.4. The first-order chi connectivity index (χ1) is 28.8. The number of benzene rings is 10.